The van der Waals surface area contributed by atoms with Gasteiger partial charge in [0.2, 0.25) is 0 Å². The van der Waals surface area contributed by atoms with Crippen molar-refractivity contribution in [2.75, 3.05) is 5.48 Å². The number of nitrogens with one attached hydrogen (secondary N) is 1. The molecule has 9 heteroatoms. The number of nitro groups is 1. The van der Waals surface area contributed by atoms with Gasteiger partial charge in [0.05, 0.1) is 11.0 Å². The molecular formula is C10H11F3N2O4. The Morgan fingerprint density at radius 2 is 2.00 bits per heavy atom. The zero-order chi connectivity index (χ0) is 14.8. The average Bonchev–Trinajstić information content (AvgIpc) is 2.26. The lowest BCUT2D eigenvalue weighted by atomic mass is 10.1. The zero-order valence-corrected chi connectivity index (χ0v) is 9.99. The molecule has 0 bridgehead atoms. The normalized spacial score (nSPS) is 11.5. The summed E-state index contributed by atoms with van der Waals surface area (Å²) < 4.78 is 43.5. The van der Waals surface area contributed by atoms with E-state index < -0.39 is 39.9 Å². The van der Waals surface area contributed by atoms with Gasteiger partial charge < -0.3 is 4.74 Å². The summed E-state index contributed by atoms with van der Waals surface area (Å²) in [7, 11) is 0. The van der Waals surface area contributed by atoms with Crippen molar-refractivity contribution in [3.05, 3.63) is 27.8 Å². The Morgan fingerprint density at radius 3 is 2.37 bits per heavy atom. The van der Waals surface area contributed by atoms with E-state index >= 15 is 0 Å². The Hall–Kier alpha value is -2.03. The van der Waals surface area contributed by atoms with E-state index in [4.69, 9.17) is 9.94 Å². The SMILES string of the molecule is CC(C)Oc1c(NO)cc([N+](=O)[O-])cc1C(F)(F)F. The van der Waals surface area contributed by atoms with E-state index in [1.54, 1.807) is 0 Å². The molecule has 1 aromatic carbocycles. The lowest BCUT2D eigenvalue weighted by Gasteiger charge is -2.18. The summed E-state index contributed by atoms with van der Waals surface area (Å²) in [6.07, 6.45) is -5.45. The summed E-state index contributed by atoms with van der Waals surface area (Å²) >= 11 is 0. The van der Waals surface area contributed by atoms with E-state index in [1.807, 2.05) is 0 Å². The number of alkyl halides is 3. The molecule has 0 aliphatic rings. The molecule has 0 saturated carbocycles. The number of nitro benzene ring substituents is 1. The summed E-state index contributed by atoms with van der Waals surface area (Å²) in [4.78, 5) is 9.58. The van der Waals surface area contributed by atoms with E-state index in [1.165, 1.54) is 19.3 Å². The molecule has 0 aliphatic heterocycles. The van der Waals surface area contributed by atoms with Crippen molar-refractivity contribution >= 4 is 11.4 Å². The zero-order valence-electron chi connectivity index (χ0n) is 9.99. The van der Waals surface area contributed by atoms with Crippen molar-refractivity contribution in [2.45, 2.75) is 26.1 Å². The molecule has 0 amide bonds. The smallest absolute Gasteiger partial charge is 0.420 e. The Bertz CT molecular complexity index is 488. The Labute approximate surface area is 105 Å². The molecule has 2 N–H and O–H groups in total. The topological polar surface area (TPSA) is 84.6 Å². The van der Waals surface area contributed by atoms with Crippen LogP contribution in [0.3, 0.4) is 0 Å². The fourth-order valence-corrected chi connectivity index (χ4v) is 1.38. The summed E-state index contributed by atoms with van der Waals surface area (Å²) in [5.74, 6) is -0.685. The van der Waals surface area contributed by atoms with E-state index in [2.05, 4.69) is 0 Å². The van der Waals surface area contributed by atoms with Crippen LogP contribution >= 0.6 is 0 Å². The minimum Gasteiger partial charge on any atom is -0.488 e. The number of hydrogen-bond donors (Lipinski definition) is 2. The van der Waals surface area contributed by atoms with Gasteiger partial charge in [-0.05, 0) is 13.8 Å². The van der Waals surface area contributed by atoms with Gasteiger partial charge in [-0.25, -0.2) is 0 Å². The van der Waals surface area contributed by atoms with Crippen LogP contribution in [-0.2, 0) is 6.18 Å². The van der Waals surface area contributed by atoms with Crippen LogP contribution in [0.1, 0.15) is 19.4 Å². The number of non-ortho nitro benzene ring substituents is 1. The van der Waals surface area contributed by atoms with Crippen LogP contribution in [-0.4, -0.2) is 16.2 Å². The van der Waals surface area contributed by atoms with E-state index in [0.29, 0.717) is 6.07 Å². The number of rotatable bonds is 4. The van der Waals surface area contributed by atoms with Crippen LogP contribution in [0.25, 0.3) is 0 Å². The van der Waals surface area contributed by atoms with Gasteiger partial charge in [0.1, 0.15) is 11.3 Å². The number of nitrogens with zero attached hydrogens (tertiary/aromatic N) is 1. The molecule has 19 heavy (non-hydrogen) atoms. The first kappa shape index (κ1) is 15.0. The molecule has 1 rings (SSSR count). The molecule has 0 saturated heterocycles. The minimum atomic E-state index is -4.85. The summed E-state index contributed by atoms with van der Waals surface area (Å²) in [6, 6.07) is 1.12. The van der Waals surface area contributed by atoms with Gasteiger partial charge in [-0.1, -0.05) is 0 Å². The van der Waals surface area contributed by atoms with Crippen LogP contribution in [0.2, 0.25) is 0 Å². The quantitative estimate of drug-likeness (QED) is 0.653. The van der Waals surface area contributed by atoms with Crippen LogP contribution in [0.5, 0.6) is 5.75 Å². The molecule has 0 aliphatic carbocycles. The predicted molar refractivity (Wildman–Crippen MR) is 59.3 cm³/mol. The Balaban J connectivity index is 3.52. The number of anilines is 1. The van der Waals surface area contributed by atoms with Crippen LogP contribution < -0.4 is 10.2 Å². The van der Waals surface area contributed by atoms with Crippen molar-refractivity contribution in [3.63, 3.8) is 0 Å². The fraction of sp³-hybridized carbons (Fsp3) is 0.400. The average molecular weight is 280 g/mol. The molecule has 0 aromatic heterocycles. The summed E-state index contributed by atoms with van der Waals surface area (Å²) in [5.41, 5.74) is -1.17. The number of halogens is 3. The van der Waals surface area contributed by atoms with E-state index in [9.17, 15) is 23.3 Å². The highest BCUT2D eigenvalue weighted by molar-refractivity contribution is 5.65. The largest absolute Gasteiger partial charge is 0.488 e. The standard InChI is InChI=1S/C10H11F3N2O4/c1-5(2)19-9-7(10(11,12)13)3-6(15(17)18)4-8(9)14-16/h3-5,14,16H,1-2H3. The van der Waals surface area contributed by atoms with Gasteiger partial charge in [0.15, 0.2) is 5.75 Å². The number of hydrogen-bond acceptors (Lipinski definition) is 5. The summed E-state index contributed by atoms with van der Waals surface area (Å²) in [6.45, 7) is 2.98. The van der Waals surface area contributed by atoms with Gasteiger partial charge in [0, 0.05) is 12.1 Å². The molecule has 0 unspecified atom stereocenters. The predicted octanol–water partition coefficient (Wildman–Crippen LogP) is 3.20. The third-order valence-electron chi connectivity index (χ3n) is 2.06. The maximum Gasteiger partial charge on any atom is 0.420 e. The maximum atomic E-state index is 12.8. The molecule has 106 valence electrons. The molecule has 0 fully saturated rings. The third-order valence-corrected chi connectivity index (χ3v) is 2.06. The minimum absolute atomic E-state index is 0.360. The first-order valence-corrected chi connectivity index (χ1v) is 5.13. The lowest BCUT2D eigenvalue weighted by Crippen LogP contribution is -2.15. The molecule has 6 nitrogen and oxygen atoms in total. The van der Waals surface area contributed by atoms with Crippen molar-refractivity contribution in [2.24, 2.45) is 0 Å². The molecule has 1 aromatic rings. The first-order chi connectivity index (χ1) is 8.66. The Morgan fingerprint density at radius 1 is 1.42 bits per heavy atom. The van der Waals surface area contributed by atoms with Crippen molar-refractivity contribution < 1.29 is 28.0 Å². The van der Waals surface area contributed by atoms with Crippen LogP contribution in [0.15, 0.2) is 12.1 Å². The van der Waals surface area contributed by atoms with Crippen molar-refractivity contribution in [1.29, 1.82) is 0 Å². The molecule has 0 radical (unpaired) electrons. The van der Waals surface area contributed by atoms with Crippen LogP contribution in [0.4, 0.5) is 24.5 Å². The van der Waals surface area contributed by atoms with Crippen molar-refractivity contribution in [3.8, 4) is 5.75 Å². The Kier molecular flexibility index (Phi) is 4.20. The number of benzene rings is 1. The van der Waals surface area contributed by atoms with Gasteiger partial charge >= 0.3 is 6.18 Å². The second-order valence-electron chi connectivity index (χ2n) is 3.90. The second-order valence-corrected chi connectivity index (χ2v) is 3.90. The molecular weight excluding hydrogens is 269 g/mol. The maximum absolute atomic E-state index is 12.8. The monoisotopic (exact) mass is 280 g/mol. The fourth-order valence-electron chi connectivity index (χ4n) is 1.38. The van der Waals surface area contributed by atoms with E-state index in [-0.39, 0.29) is 0 Å². The van der Waals surface area contributed by atoms with Gasteiger partial charge in [-0.15, -0.1) is 0 Å². The first-order valence-electron chi connectivity index (χ1n) is 5.13. The van der Waals surface area contributed by atoms with Gasteiger partial charge in [-0.2, -0.15) is 13.2 Å². The molecule has 0 atom stereocenters. The van der Waals surface area contributed by atoms with E-state index in [0.717, 1.165) is 6.07 Å². The van der Waals surface area contributed by atoms with Gasteiger partial charge in [0.25, 0.3) is 5.69 Å². The van der Waals surface area contributed by atoms with Gasteiger partial charge in [-0.3, -0.25) is 20.8 Å². The van der Waals surface area contributed by atoms with Crippen LogP contribution in [0, 0.1) is 10.1 Å². The highest BCUT2D eigenvalue weighted by atomic mass is 19.4. The molecule has 0 heterocycles. The second kappa shape index (κ2) is 5.31. The highest BCUT2D eigenvalue weighted by Gasteiger charge is 2.38. The summed E-state index contributed by atoms with van der Waals surface area (Å²) in [5, 5.41) is 19.4. The third kappa shape index (κ3) is 3.47. The molecule has 0 spiro atoms. The highest BCUT2D eigenvalue weighted by Crippen LogP contribution is 2.43. The van der Waals surface area contributed by atoms with Crippen molar-refractivity contribution in [1.82, 2.24) is 0 Å². The lowest BCUT2D eigenvalue weighted by molar-refractivity contribution is -0.385. The number of ether oxygens (including phenoxy) is 1.